The van der Waals surface area contributed by atoms with Crippen LogP contribution in [0.25, 0.3) is 11.1 Å². The van der Waals surface area contributed by atoms with Crippen LogP contribution in [0.1, 0.15) is 5.56 Å². The summed E-state index contributed by atoms with van der Waals surface area (Å²) in [6.45, 7) is 0. The highest BCUT2D eigenvalue weighted by molar-refractivity contribution is 6.01. The van der Waals surface area contributed by atoms with Gasteiger partial charge < -0.3 is 5.73 Å². The van der Waals surface area contributed by atoms with E-state index in [4.69, 9.17) is 5.73 Å². The second-order valence-corrected chi connectivity index (χ2v) is 3.56. The zero-order chi connectivity index (χ0) is 12.1. The van der Waals surface area contributed by atoms with Gasteiger partial charge in [-0.1, -0.05) is 54.6 Å². The molecule has 84 valence electrons. The number of amides is 1. The van der Waals surface area contributed by atoms with Crippen molar-refractivity contribution in [2.24, 2.45) is 10.7 Å². The van der Waals surface area contributed by atoms with Gasteiger partial charge in [-0.3, -0.25) is 4.79 Å². The summed E-state index contributed by atoms with van der Waals surface area (Å²) in [6.07, 6.45) is 0.445. The Hall–Kier alpha value is -2.42. The number of carbonyl (C=O) groups excluding carboxylic acids is 1. The Kier molecular flexibility index (Phi) is 3.31. The van der Waals surface area contributed by atoms with Gasteiger partial charge in [0.15, 0.2) is 0 Å². The first kappa shape index (κ1) is 11.1. The van der Waals surface area contributed by atoms with Crippen molar-refractivity contribution >= 4 is 12.2 Å². The number of hydrogen-bond donors (Lipinski definition) is 1. The van der Waals surface area contributed by atoms with E-state index in [0.717, 1.165) is 16.7 Å². The zero-order valence-corrected chi connectivity index (χ0v) is 9.21. The van der Waals surface area contributed by atoms with Crippen LogP contribution in [0.4, 0.5) is 0 Å². The van der Waals surface area contributed by atoms with Gasteiger partial charge in [0.1, 0.15) is 5.84 Å². The molecular weight excluding hydrogens is 212 g/mol. The molecule has 2 aromatic rings. The smallest absolute Gasteiger partial charge is 0.234 e. The molecular formula is C14H12N2O. The van der Waals surface area contributed by atoms with Gasteiger partial charge in [0.2, 0.25) is 6.41 Å². The van der Waals surface area contributed by atoms with Crippen LogP contribution in [0.2, 0.25) is 0 Å². The SMILES string of the molecule is NC(=NC=O)c1ccc(-c2ccccc2)cc1. The van der Waals surface area contributed by atoms with Crippen molar-refractivity contribution in [1.29, 1.82) is 0 Å². The molecule has 0 fully saturated rings. The first-order chi connectivity index (χ1) is 8.31. The Morgan fingerprint density at radius 2 is 1.53 bits per heavy atom. The number of amidine groups is 1. The molecule has 0 aliphatic carbocycles. The Bertz CT molecular complexity index is 530. The van der Waals surface area contributed by atoms with E-state index in [1.54, 1.807) is 0 Å². The molecule has 2 N–H and O–H groups in total. The van der Waals surface area contributed by atoms with E-state index in [9.17, 15) is 4.79 Å². The van der Waals surface area contributed by atoms with Crippen LogP contribution in [-0.4, -0.2) is 12.2 Å². The van der Waals surface area contributed by atoms with Gasteiger partial charge in [-0.15, -0.1) is 0 Å². The highest BCUT2D eigenvalue weighted by atomic mass is 16.1. The molecule has 0 aliphatic rings. The molecule has 3 nitrogen and oxygen atoms in total. The maximum absolute atomic E-state index is 10.2. The summed E-state index contributed by atoms with van der Waals surface area (Å²) in [7, 11) is 0. The summed E-state index contributed by atoms with van der Waals surface area (Å²) in [5.74, 6) is 0.236. The molecule has 0 unspecified atom stereocenters. The zero-order valence-electron chi connectivity index (χ0n) is 9.21. The predicted octanol–water partition coefficient (Wildman–Crippen LogP) is 2.22. The number of carbonyl (C=O) groups is 1. The molecule has 17 heavy (non-hydrogen) atoms. The summed E-state index contributed by atoms with van der Waals surface area (Å²) in [5, 5.41) is 0. The highest BCUT2D eigenvalue weighted by Crippen LogP contribution is 2.18. The summed E-state index contributed by atoms with van der Waals surface area (Å²) in [6, 6.07) is 17.7. The maximum atomic E-state index is 10.2. The Balaban J connectivity index is 2.31. The van der Waals surface area contributed by atoms with Crippen LogP contribution in [0.5, 0.6) is 0 Å². The third kappa shape index (κ3) is 2.58. The van der Waals surface area contributed by atoms with Gasteiger partial charge in [-0.05, 0) is 11.1 Å². The molecule has 0 heterocycles. The molecule has 0 radical (unpaired) electrons. The Morgan fingerprint density at radius 1 is 0.941 bits per heavy atom. The number of nitrogens with zero attached hydrogens (tertiary/aromatic N) is 1. The van der Waals surface area contributed by atoms with Crippen LogP contribution >= 0.6 is 0 Å². The number of hydrogen-bond acceptors (Lipinski definition) is 1. The molecule has 0 aliphatic heterocycles. The second kappa shape index (κ2) is 5.07. The fourth-order valence-electron chi connectivity index (χ4n) is 1.60. The summed E-state index contributed by atoms with van der Waals surface area (Å²) in [4.78, 5) is 13.7. The summed E-state index contributed by atoms with van der Waals surface area (Å²) in [5.41, 5.74) is 8.61. The first-order valence-electron chi connectivity index (χ1n) is 5.24. The predicted molar refractivity (Wildman–Crippen MR) is 68.7 cm³/mol. The fraction of sp³-hybridized carbons (Fsp3) is 0. The van der Waals surface area contributed by atoms with Crippen LogP contribution in [0.15, 0.2) is 59.6 Å². The third-order valence-electron chi connectivity index (χ3n) is 2.48. The molecule has 0 bridgehead atoms. The van der Waals surface area contributed by atoms with E-state index < -0.39 is 0 Å². The molecule has 0 aromatic heterocycles. The maximum Gasteiger partial charge on any atom is 0.234 e. The van der Waals surface area contributed by atoms with Gasteiger partial charge >= 0.3 is 0 Å². The van der Waals surface area contributed by atoms with Crippen molar-refractivity contribution in [3.05, 3.63) is 60.2 Å². The van der Waals surface area contributed by atoms with Crippen LogP contribution in [0, 0.1) is 0 Å². The second-order valence-electron chi connectivity index (χ2n) is 3.56. The van der Waals surface area contributed by atoms with Crippen molar-refractivity contribution in [3.8, 4) is 11.1 Å². The van der Waals surface area contributed by atoms with Gasteiger partial charge in [-0.2, -0.15) is 4.99 Å². The topological polar surface area (TPSA) is 55.4 Å². The number of benzene rings is 2. The molecule has 2 aromatic carbocycles. The van der Waals surface area contributed by atoms with Crippen molar-refractivity contribution < 1.29 is 4.79 Å². The Labute approximate surface area is 99.6 Å². The average Bonchev–Trinajstić information content (AvgIpc) is 2.40. The van der Waals surface area contributed by atoms with E-state index in [1.807, 2.05) is 54.6 Å². The highest BCUT2D eigenvalue weighted by Gasteiger charge is 1.99. The average molecular weight is 224 g/mol. The third-order valence-corrected chi connectivity index (χ3v) is 2.48. The van der Waals surface area contributed by atoms with E-state index in [2.05, 4.69) is 4.99 Å². The largest absolute Gasteiger partial charge is 0.383 e. The van der Waals surface area contributed by atoms with E-state index >= 15 is 0 Å². The van der Waals surface area contributed by atoms with Gasteiger partial charge in [0, 0.05) is 5.56 Å². The number of aliphatic imine (C=N–C) groups is 1. The standard InChI is InChI=1S/C14H12N2O/c15-14(16-10-17)13-8-6-12(7-9-13)11-4-2-1-3-5-11/h1-10H,(H2,15,16,17). The molecule has 0 saturated carbocycles. The van der Waals surface area contributed by atoms with Gasteiger partial charge in [0.25, 0.3) is 0 Å². The minimum absolute atomic E-state index is 0.236. The lowest BCUT2D eigenvalue weighted by Crippen LogP contribution is -2.13. The number of nitrogens with two attached hydrogens (primary N) is 1. The molecule has 2 rings (SSSR count). The number of rotatable bonds is 3. The monoisotopic (exact) mass is 224 g/mol. The lowest BCUT2D eigenvalue weighted by atomic mass is 10.0. The first-order valence-corrected chi connectivity index (χ1v) is 5.24. The lowest BCUT2D eigenvalue weighted by Gasteiger charge is -2.03. The van der Waals surface area contributed by atoms with Crippen LogP contribution < -0.4 is 5.73 Å². The molecule has 0 atom stereocenters. The van der Waals surface area contributed by atoms with E-state index in [1.165, 1.54) is 0 Å². The molecule has 0 spiro atoms. The molecule has 0 saturated heterocycles. The molecule has 1 amide bonds. The minimum Gasteiger partial charge on any atom is -0.383 e. The van der Waals surface area contributed by atoms with E-state index in [-0.39, 0.29) is 5.84 Å². The normalized spacial score (nSPS) is 11.2. The van der Waals surface area contributed by atoms with Crippen LogP contribution in [-0.2, 0) is 4.79 Å². The summed E-state index contributed by atoms with van der Waals surface area (Å²) >= 11 is 0. The quantitative estimate of drug-likeness (QED) is 0.493. The van der Waals surface area contributed by atoms with Crippen LogP contribution in [0.3, 0.4) is 0 Å². The molecule has 3 heteroatoms. The van der Waals surface area contributed by atoms with Crippen molar-refractivity contribution in [3.63, 3.8) is 0 Å². The summed E-state index contributed by atoms with van der Waals surface area (Å²) < 4.78 is 0. The lowest BCUT2D eigenvalue weighted by molar-refractivity contribution is -0.106. The minimum atomic E-state index is 0.236. The van der Waals surface area contributed by atoms with Gasteiger partial charge in [-0.25, -0.2) is 0 Å². The fourth-order valence-corrected chi connectivity index (χ4v) is 1.60. The van der Waals surface area contributed by atoms with Crippen molar-refractivity contribution in [2.75, 3.05) is 0 Å². The van der Waals surface area contributed by atoms with Gasteiger partial charge in [0.05, 0.1) is 0 Å². The van der Waals surface area contributed by atoms with Crippen molar-refractivity contribution in [2.45, 2.75) is 0 Å². The Morgan fingerprint density at radius 3 is 2.12 bits per heavy atom. The van der Waals surface area contributed by atoms with Crippen molar-refractivity contribution in [1.82, 2.24) is 0 Å². The van der Waals surface area contributed by atoms with E-state index in [0.29, 0.717) is 6.41 Å².